The molecule has 1 saturated carbocycles. The molecule has 1 atom stereocenters. The molecule has 0 amide bonds. The molecule has 2 heteroatoms. The molecule has 0 radical (unpaired) electrons. The third kappa shape index (κ3) is 4.96. The van der Waals surface area contributed by atoms with Gasteiger partial charge in [-0.2, -0.15) is 0 Å². The van der Waals surface area contributed by atoms with Crippen molar-refractivity contribution in [2.75, 3.05) is 0 Å². The van der Waals surface area contributed by atoms with E-state index in [1.54, 1.807) is 0 Å². The molecule has 0 N–H and O–H groups in total. The monoisotopic (exact) mass is 340 g/mol. The molecule has 1 aromatic carbocycles. The number of carbonyl (C=O) groups excluding carboxylic acids is 1. The molecule has 1 aromatic rings. The van der Waals surface area contributed by atoms with E-state index in [1.165, 1.54) is 49.7 Å². The van der Waals surface area contributed by atoms with E-state index in [2.05, 4.69) is 32.1 Å². The summed E-state index contributed by atoms with van der Waals surface area (Å²) in [7, 11) is 0. The van der Waals surface area contributed by atoms with E-state index in [0.29, 0.717) is 5.56 Å². The van der Waals surface area contributed by atoms with Gasteiger partial charge in [-0.15, -0.1) is 0 Å². The third-order valence-electron chi connectivity index (χ3n) is 5.93. The second-order valence-electron chi connectivity index (χ2n) is 8.02. The third-order valence-corrected chi connectivity index (χ3v) is 5.93. The van der Waals surface area contributed by atoms with Crippen LogP contribution in [0.15, 0.2) is 30.3 Å². The molecule has 136 valence electrons. The molecule has 0 aliphatic heterocycles. The van der Waals surface area contributed by atoms with Crippen molar-refractivity contribution in [3.8, 4) is 0 Å². The van der Waals surface area contributed by atoms with Gasteiger partial charge in [-0.05, 0) is 80.1 Å². The van der Waals surface area contributed by atoms with Gasteiger partial charge in [0.15, 0.2) is 0 Å². The molecule has 3 rings (SSSR count). The predicted octanol–water partition coefficient (Wildman–Crippen LogP) is 6.41. The second-order valence-corrected chi connectivity index (χ2v) is 8.02. The molecule has 1 unspecified atom stereocenters. The van der Waals surface area contributed by atoms with Crippen LogP contribution in [0, 0.1) is 11.8 Å². The van der Waals surface area contributed by atoms with Crippen LogP contribution in [0.1, 0.15) is 87.6 Å². The summed E-state index contributed by atoms with van der Waals surface area (Å²) < 4.78 is 5.75. The Hall–Kier alpha value is -1.57. The van der Waals surface area contributed by atoms with Crippen LogP contribution in [0.4, 0.5) is 0 Å². The lowest BCUT2D eigenvalue weighted by atomic mass is 9.85. The Bertz CT molecular complexity index is 591. The lowest BCUT2D eigenvalue weighted by molar-refractivity contribution is 0.0161. The van der Waals surface area contributed by atoms with E-state index in [-0.39, 0.29) is 12.1 Å². The molecule has 2 aliphatic carbocycles. The quantitative estimate of drug-likeness (QED) is 0.579. The van der Waals surface area contributed by atoms with Crippen molar-refractivity contribution in [1.82, 2.24) is 0 Å². The first-order valence-corrected chi connectivity index (χ1v) is 10.2. The first kappa shape index (κ1) is 18.2. The Morgan fingerprint density at radius 2 is 1.80 bits per heavy atom. The highest BCUT2D eigenvalue weighted by Gasteiger charge is 2.24. The van der Waals surface area contributed by atoms with E-state index in [9.17, 15) is 4.79 Å². The Kier molecular flexibility index (Phi) is 6.34. The maximum atomic E-state index is 12.4. The highest BCUT2D eigenvalue weighted by Crippen LogP contribution is 2.31. The van der Waals surface area contributed by atoms with Crippen LogP contribution in [0.25, 0.3) is 5.57 Å². The molecule has 0 heterocycles. The summed E-state index contributed by atoms with van der Waals surface area (Å²) in [6.07, 6.45) is 13.1. The lowest BCUT2D eigenvalue weighted by Crippen LogP contribution is -2.24. The fourth-order valence-corrected chi connectivity index (χ4v) is 4.21. The number of hydrogen-bond donors (Lipinski definition) is 0. The fourth-order valence-electron chi connectivity index (χ4n) is 4.21. The Balaban J connectivity index is 1.53. The largest absolute Gasteiger partial charge is 0.459 e. The first-order chi connectivity index (χ1) is 12.2. The predicted molar refractivity (Wildman–Crippen MR) is 104 cm³/mol. The molecule has 0 aromatic heterocycles. The van der Waals surface area contributed by atoms with Crippen molar-refractivity contribution in [2.24, 2.45) is 11.8 Å². The molecule has 2 aliphatic rings. The van der Waals surface area contributed by atoms with E-state index in [4.69, 9.17) is 4.74 Å². The molecule has 0 bridgehead atoms. The molecular weight excluding hydrogens is 308 g/mol. The van der Waals surface area contributed by atoms with Gasteiger partial charge in [0.05, 0.1) is 5.56 Å². The van der Waals surface area contributed by atoms with Gasteiger partial charge < -0.3 is 4.74 Å². The summed E-state index contributed by atoms with van der Waals surface area (Å²) in [6, 6.07) is 8.02. The van der Waals surface area contributed by atoms with Gasteiger partial charge in [0.1, 0.15) is 6.10 Å². The smallest absolute Gasteiger partial charge is 0.338 e. The standard InChI is InChI=1S/C23H32O2/c1-3-4-18-7-15-22(16-8-18)25-23(24)21-13-11-20(12-14-21)19-9-5-17(2)6-10-19/h9,11-14,17-18,22H,3-8,10,15-16H2,1-2H3. The number of hydrogen-bond acceptors (Lipinski definition) is 2. The summed E-state index contributed by atoms with van der Waals surface area (Å²) in [6.45, 7) is 4.56. The molecule has 25 heavy (non-hydrogen) atoms. The summed E-state index contributed by atoms with van der Waals surface area (Å²) in [5, 5.41) is 0. The number of allylic oxidation sites excluding steroid dienone is 2. The molecular formula is C23H32O2. The van der Waals surface area contributed by atoms with E-state index in [0.717, 1.165) is 31.1 Å². The average Bonchev–Trinajstić information content (AvgIpc) is 2.64. The summed E-state index contributed by atoms with van der Waals surface area (Å²) in [5.74, 6) is 1.48. The van der Waals surface area contributed by atoms with Crippen LogP contribution in [0.5, 0.6) is 0 Å². The lowest BCUT2D eigenvalue weighted by Gasteiger charge is -2.28. The summed E-state index contributed by atoms with van der Waals surface area (Å²) in [5.41, 5.74) is 3.36. The fraction of sp³-hybridized carbons (Fsp3) is 0.609. The highest BCUT2D eigenvalue weighted by molar-refractivity contribution is 5.90. The van der Waals surface area contributed by atoms with Gasteiger partial charge in [0, 0.05) is 0 Å². The van der Waals surface area contributed by atoms with Crippen LogP contribution >= 0.6 is 0 Å². The number of rotatable bonds is 5. The minimum atomic E-state index is -0.156. The Morgan fingerprint density at radius 3 is 2.40 bits per heavy atom. The summed E-state index contributed by atoms with van der Waals surface area (Å²) >= 11 is 0. The summed E-state index contributed by atoms with van der Waals surface area (Å²) in [4.78, 5) is 12.4. The molecule has 0 saturated heterocycles. The van der Waals surface area contributed by atoms with Crippen LogP contribution in [-0.4, -0.2) is 12.1 Å². The number of esters is 1. The van der Waals surface area contributed by atoms with Gasteiger partial charge in [-0.3, -0.25) is 0 Å². The SMILES string of the molecule is CCCC1CCC(OC(=O)c2ccc(C3=CCC(C)CC3)cc2)CC1. The highest BCUT2D eigenvalue weighted by atomic mass is 16.5. The molecule has 0 spiro atoms. The average molecular weight is 341 g/mol. The van der Waals surface area contributed by atoms with Crippen molar-refractivity contribution in [2.45, 2.75) is 77.7 Å². The minimum absolute atomic E-state index is 0.114. The number of benzene rings is 1. The number of carbonyl (C=O) groups is 1. The van der Waals surface area contributed by atoms with Gasteiger partial charge in [0.2, 0.25) is 0 Å². The van der Waals surface area contributed by atoms with E-state index < -0.39 is 0 Å². The van der Waals surface area contributed by atoms with Gasteiger partial charge in [-0.25, -0.2) is 4.79 Å². The van der Waals surface area contributed by atoms with Crippen molar-refractivity contribution in [3.05, 3.63) is 41.5 Å². The van der Waals surface area contributed by atoms with Crippen molar-refractivity contribution in [1.29, 1.82) is 0 Å². The zero-order chi connectivity index (χ0) is 17.6. The van der Waals surface area contributed by atoms with Crippen LogP contribution in [0.3, 0.4) is 0 Å². The Labute approximate surface area is 152 Å². The van der Waals surface area contributed by atoms with Crippen LogP contribution < -0.4 is 0 Å². The zero-order valence-corrected chi connectivity index (χ0v) is 15.8. The van der Waals surface area contributed by atoms with Gasteiger partial charge in [0.25, 0.3) is 0 Å². The van der Waals surface area contributed by atoms with Crippen molar-refractivity contribution < 1.29 is 9.53 Å². The maximum absolute atomic E-state index is 12.4. The van der Waals surface area contributed by atoms with E-state index in [1.807, 2.05) is 12.1 Å². The first-order valence-electron chi connectivity index (χ1n) is 10.2. The number of ether oxygens (including phenoxy) is 1. The normalized spacial score (nSPS) is 26.8. The molecule has 2 nitrogen and oxygen atoms in total. The Morgan fingerprint density at radius 1 is 1.08 bits per heavy atom. The maximum Gasteiger partial charge on any atom is 0.338 e. The van der Waals surface area contributed by atoms with Crippen molar-refractivity contribution >= 4 is 11.5 Å². The van der Waals surface area contributed by atoms with Gasteiger partial charge in [-0.1, -0.05) is 44.9 Å². The van der Waals surface area contributed by atoms with Crippen LogP contribution in [-0.2, 0) is 4.74 Å². The van der Waals surface area contributed by atoms with E-state index >= 15 is 0 Å². The molecule has 1 fully saturated rings. The van der Waals surface area contributed by atoms with Crippen molar-refractivity contribution in [3.63, 3.8) is 0 Å². The van der Waals surface area contributed by atoms with Crippen LogP contribution in [0.2, 0.25) is 0 Å². The second kappa shape index (κ2) is 8.69. The zero-order valence-electron chi connectivity index (χ0n) is 15.8. The minimum Gasteiger partial charge on any atom is -0.459 e. The van der Waals surface area contributed by atoms with Gasteiger partial charge >= 0.3 is 5.97 Å². The topological polar surface area (TPSA) is 26.3 Å².